The number of carbonyl (C=O) groups excluding carboxylic acids is 1. The van der Waals surface area contributed by atoms with Crippen LogP contribution < -0.4 is 0 Å². The number of rotatable bonds is 7. The molecule has 1 atom stereocenters. The van der Waals surface area contributed by atoms with Gasteiger partial charge in [0.05, 0.1) is 12.0 Å². The highest BCUT2D eigenvalue weighted by Gasteiger charge is 2.50. The Morgan fingerprint density at radius 1 is 1.27 bits per heavy atom. The van der Waals surface area contributed by atoms with Crippen LogP contribution in [0.5, 0.6) is 0 Å². The van der Waals surface area contributed by atoms with Crippen molar-refractivity contribution < 1.29 is 9.53 Å². The molecule has 0 unspecified atom stereocenters. The molecule has 2 fully saturated rings. The Hall–Kier alpha value is -2.21. The number of hydrogen-bond acceptors (Lipinski definition) is 4. The van der Waals surface area contributed by atoms with E-state index in [0.29, 0.717) is 26.1 Å². The van der Waals surface area contributed by atoms with E-state index >= 15 is 0 Å². The molecule has 6 nitrogen and oxygen atoms in total. The topological polar surface area (TPSA) is 60.2 Å². The van der Waals surface area contributed by atoms with E-state index in [-0.39, 0.29) is 17.2 Å². The van der Waals surface area contributed by atoms with E-state index in [4.69, 9.17) is 14.8 Å². The van der Waals surface area contributed by atoms with Gasteiger partial charge in [0.25, 0.3) is 0 Å². The van der Waals surface area contributed by atoms with Gasteiger partial charge in [-0.15, -0.1) is 0 Å². The van der Waals surface area contributed by atoms with Crippen LogP contribution in [0.4, 0.5) is 0 Å². The van der Waals surface area contributed by atoms with Crippen molar-refractivity contribution in [3.8, 4) is 0 Å². The van der Waals surface area contributed by atoms with Gasteiger partial charge in [0, 0.05) is 39.1 Å². The van der Waals surface area contributed by atoms with Crippen LogP contribution in [0.25, 0.3) is 0 Å². The summed E-state index contributed by atoms with van der Waals surface area (Å²) in [4.78, 5) is 19.2. The molecule has 2 aromatic rings. The second kappa shape index (κ2) is 6.83. The van der Waals surface area contributed by atoms with Crippen molar-refractivity contribution >= 4 is 5.91 Å². The normalized spacial score (nSPS) is 21.4. The third kappa shape index (κ3) is 2.92. The van der Waals surface area contributed by atoms with Gasteiger partial charge in [-0.3, -0.25) is 4.79 Å². The number of aromatic nitrogens is 3. The third-order valence-electron chi connectivity index (χ3n) is 5.65. The zero-order valence-electron chi connectivity index (χ0n) is 15.5. The molecule has 138 valence electrons. The van der Waals surface area contributed by atoms with Gasteiger partial charge in [-0.2, -0.15) is 5.10 Å². The molecule has 4 rings (SSSR count). The molecule has 1 saturated heterocycles. The van der Waals surface area contributed by atoms with E-state index < -0.39 is 0 Å². The summed E-state index contributed by atoms with van der Waals surface area (Å²) in [7, 11) is 1.66. The van der Waals surface area contributed by atoms with Crippen molar-refractivity contribution in [3.63, 3.8) is 0 Å². The van der Waals surface area contributed by atoms with Crippen molar-refractivity contribution in [2.75, 3.05) is 26.8 Å². The van der Waals surface area contributed by atoms with E-state index in [1.807, 2.05) is 15.6 Å². The SMILES string of the molecule is CCn1nc(C2(c3ccccc3)CC2)nc1[C@H]1CC(=O)N(CCOC)C1. The zero-order valence-corrected chi connectivity index (χ0v) is 15.5. The summed E-state index contributed by atoms with van der Waals surface area (Å²) >= 11 is 0. The Bertz CT molecular complexity index is 782. The first-order chi connectivity index (χ1) is 12.7. The average molecular weight is 354 g/mol. The molecular formula is C20H26N4O2. The predicted octanol–water partition coefficient (Wildman–Crippen LogP) is 2.34. The molecule has 1 amide bonds. The number of carbonyl (C=O) groups is 1. The van der Waals surface area contributed by atoms with Crippen LogP contribution in [0, 0.1) is 0 Å². The minimum atomic E-state index is -0.0330. The van der Waals surface area contributed by atoms with Crippen molar-refractivity contribution in [2.45, 2.75) is 44.1 Å². The van der Waals surface area contributed by atoms with Crippen LogP contribution in [0.3, 0.4) is 0 Å². The predicted molar refractivity (Wildman–Crippen MR) is 98.0 cm³/mol. The molecule has 0 radical (unpaired) electrons. The van der Waals surface area contributed by atoms with Gasteiger partial charge in [0.1, 0.15) is 5.82 Å². The van der Waals surface area contributed by atoms with E-state index in [2.05, 4.69) is 31.2 Å². The minimum Gasteiger partial charge on any atom is -0.383 e. The lowest BCUT2D eigenvalue weighted by atomic mass is 9.95. The molecular weight excluding hydrogens is 328 g/mol. The Kier molecular flexibility index (Phi) is 4.53. The van der Waals surface area contributed by atoms with Crippen LogP contribution >= 0.6 is 0 Å². The first kappa shape index (κ1) is 17.2. The summed E-state index contributed by atoms with van der Waals surface area (Å²) in [6, 6.07) is 10.5. The number of likely N-dealkylation sites (tertiary alicyclic amines) is 1. The van der Waals surface area contributed by atoms with Crippen molar-refractivity contribution in [2.24, 2.45) is 0 Å². The summed E-state index contributed by atoms with van der Waals surface area (Å²) < 4.78 is 7.11. The highest BCUT2D eigenvalue weighted by molar-refractivity contribution is 5.79. The Labute approximate surface area is 154 Å². The highest BCUT2D eigenvalue weighted by Crippen LogP contribution is 2.52. The van der Waals surface area contributed by atoms with E-state index in [0.717, 1.165) is 31.0 Å². The largest absolute Gasteiger partial charge is 0.383 e. The number of aryl methyl sites for hydroxylation is 1. The van der Waals surface area contributed by atoms with Gasteiger partial charge in [0.2, 0.25) is 5.91 Å². The number of benzene rings is 1. The maximum Gasteiger partial charge on any atom is 0.223 e. The molecule has 1 aromatic heterocycles. The van der Waals surface area contributed by atoms with Crippen molar-refractivity contribution in [1.29, 1.82) is 0 Å². The Balaban J connectivity index is 1.60. The molecule has 26 heavy (non-hydrogen) atoms. The quantitative estimate of drug-likeness (QED) is 0.766. The summed E-state index contributed by atoms with van der Waals surface area (Å²) in [6.45, 7) is 4.78. The monoisotopic (exact) mass is 354 g/mol. The fourth-order valence-electron chi connectivity index (χ4n) is 3.98. The van der Waals surface area contributed by atoms with E-state index in [1.54, 1.807) is 7.11 Å². The number of nitrogens with zero attached hydrogens (tertiary/aromatic N) is 4. The maximum absolute atomic E-state index is 12.3. The third-order valence-corrected chi connectivity index (χ3v) is 5.65. The lowest BCUT2D eigenvalue weighted by Gasteiger charge is -2.15. The van der Waals surface area contributed by atoms with Crippen LogP contribution in [0.1, 0.15) is 49.3 Å². The highest BCUT2D eigenvalue weighted by atomic mass is 16.5. The average Bonchev–Trinajstić information content (AvgIpc) is 3.23. The summed E-state index contributed by atoms with van der Waals surface area (Å²) in [6.07, 6.45) is 2.70. The standard InChI is InChI=1S/C20H26N4O2/c1-3-24-18(15-13-17(25)23(14-15)11-12-26-2)21-19(22-24)20(9-10-20)16-7-5-4-6-8-16/h4-8,15H,3,9-14H2,1-2H3/t15-/m0/s1. The number of hydrogen-bond donors (Lipinski definition) is 0. The molecule has 1 saturated carbocycles. The molecule has 2 aliphatic rings. The molecule has 1 aliphatic carbocycles. The molecule has 2 heterocycles. The summed E-state index contributed by atoms with van der Waals surface area (Å²) in [5.41, 5.74) is 1.26. The van der Waals surface area contributed by atoms with Gasteiger partial charge in [-0.05, 0) is 25.3 Å². The number of methoxy groups -OCH3 is 1. The minimum absolute atomic E-state index is 0.0330. The summed E-state index contributed by atoms with van der Waals surface area (Å²) in [5.74, 6) is 2.18. The zero-order chi connectivity index (χ0) is 18.1. The van der Waals surface area contributed by atoms with Gasteiger partial charge >= 0.3 is 0 Å². The molecule has 1 aliphatic heterocycles. The van der Waals surface area contributed by atoms with Gasteiger partial charge in [-0.25, -0.2) is 9.67 Å². The number of amides is 1. The number of ether oxygens (including phenoxy) is 1. The van der Waals surface area contributed by atoms with Gasteiger partial charge < -0.3 is 9.64 Å². The lowest BCUT2D eigenvalue weighted by Crippen LogP contribution is -2.28. The lowest BCUT2D eigenvalue weighted by molar-refractivity contribution is -0.128. The molecule has 1 aromatic carbocycles. The van der Waals surface area contributed by atoms with Crippen LogP contribution in [-0.4, -0.2) is 52.4 Å². The van der Waals surface area contributed by atoms with E-state index in [1.165, 1.54) is 5.56 Å². The first-order valence-electron chi connectivity index (χ1n) is 9.45. The van der Waals surface area contributed by atoms with Crippen LogP contribution in [0.2, 0.25) is 0 Å². The van der Waals surface area contributed by atoms with E-state index in [9.17, 15) is 4.79 Å². The Morgan fingerprint density at radius 3 is 2.69 bits per heavy atom. The fourth-order valence-corrected chi connectivity index (χ4v) is 3.98. The van der Waals surface area contributed by atoms with Crippen LogP contribution in [-0.2, 0) is 21.5 Å². The van der Waals surface area contributed by atoms with Crippen molar-refractivity contribution in [3.05, 3.63) is 47.5 Å². The molecule has 0 spiro atoms. The van der Waals surface area contributed by atoms with Gasteiger partial charge in [-0.1, -0.05) is 30.3 Å². The first-order valence-corrected chi connectivity index (χ1v) is 9.45. The smallest absolute Gasteiger partial charge is 0.223 e. The summed E-state index contributed by atoms with van der Waals surface area (Å²) in [5, 5.41) is 4.85. The molecule has 6 heteroatoms. The fraction of sp³-hybridized carbons (Fsp3) is 0.550. The molecule has 0 N–H and O–H groups in total. The van der Waals surface area contributed by atoms with Crippen LogP contribution in [0.15, 0.2) is 30.3 Å². The van der Waals surface area contributed by atoms with Gasteiger partial charge in [0.15, 0.2) is 5.82 Å². The second-order valence-corrected chi connectivity index (χ2v) is 7.29. The maximum atomic E-state index is 12.3. The Morgan fingerprint density at radius 2 is 2.04 bits per heavy atom. The van der Waals surface area contributed by atoms with Crippen molar-refractivity contribution in [1.82, 2.24) is 19.7 Å². The second-order valence-electron chi connectivity index (χ2n) is 7.29. The molecule has 0 bridgehead atoms.